The number of aromatic nitrogens is 2. The first-order valence-corrected chi connectivity index (χ1v) is 5.56. The summed E-state index contributed by atoms with van der Waals surface area (Å²) >= 11 is 0. The molecule has 1 heterocycles. The van der Waals surface area contributed by atoms with Crippen molar-refractivity contribution in [2.75, 3.05) is 5.73 Å². The van der Waals surface area contributed by atoms with Crippen molar-refractivity contribution in [2.45, 2.75) is 19.8 Å². The van der Waals surface area contributed by atoms with Gasteiger partial charge in [0.2, 0.25) is 0 Å². The summed E-state index contributed by atoms with van der Waals surface area (Å²) in [4.78, 5) is 8.26. The molecule has 0 radical (unpaired) electrons. The second kappa shape index (κ2) is 4.68. The Kier molecular flexibility index (Phi) is 3.23. The first kappa shape index (κ1) is 12.4. The zero-order valence-corrected chi connectivity index (χ0v) is 10.1. The molecule has 0 unspecified atom stereocenters. The van der Waals surface area contributed by atoms with Gasteiger partial charge in [0.25, 0.3) is 0 Å². The van der Waals surface area contributed by atoms with E-state index in [-0.39, 0.29) is 23.1 Å². The minimum absolute atomic E-state index is 0.160. The summed E-state index contributed by atoms with van der Waals surface area (Å²) in [6, 6.07) is 4.83. The molecule has 2 rings (SSSR count). The Morgan fingerprint density at radius 3 is 2.17 bits per heavy atom. The topological polar surface area (TPSA) is 51.8 Å². The van der Waals surface area contributed by atoms with Crippen LogP contribution >= 0.6 is 0 Å². The summed E-state index contributed by atoms with van der Waals surface area (Å²) in [5.74, 6) is -0.651. The third-order valence-corrected chi connectivity index (χ3v) is 2.48. The maximum atomic E-state index is 13.1. The highest BCUT2D eigenvalue weighted by Gasteiger charge is 2.10. The number of nitrogen functional groups attached to an aromatic ring is 1. The summed E-state index contributed by atoms with van der Waals surface area (Å²) in [5.41, 5.74) is 6.69. The van der Waals surface area contributed by atoms with Crippen LogP contribution < -0.4 is 5.73 Å². The molecular weight excluding hydrogens is 236 g/mol. The molecule has 0 saturated heterocycles. The number of hydrogen-bond donors (Lipinski definition) is 1. The van der Waals surface area contributed by atoms with Crippen LogP contribution in [-0.4, -0.2) is 9.97 Å². The molecule has 0 atom stereocenters. The Hall–Kier alpha value is -2.04. The zero-order valence-electron chi connectivity index (χ0n) is 10.1. The lowest BCUT2D eigenvalue weighted by atomic mass is 10.1. The number of anilines is 1. The molecule has 0 saturated carbocycles. The minimum Gasteiger partial charge on any atom is -0.384 e. The highest BCUT2D eigenvalue weighted by Crippen LogP contribution is 2.22. The van der Waals surface area contributed by atoms with Crippen LogP contribution in [0.1, 0.15) is 25.5 Å². The van der Waals surface area contributed by atoms with Crippen LogP contribution in [0.3, 0.4) is 0 Å². The van der Waals surface area contributed by atoms with Crippen molar-refractivity contribution < 1.29 is 8.78 Å². The van der Waals surface area contributed by atoms with E-state index in [0.29, 0.717) is 0 Å². The third-order valence-electron chi connectivity index (χ3n) is 2.48. The predicted molar refractivity (Wildman–Crippen MR) is 65.9 cm³/mol. The van der Waals surface area contributed by atoms with Crippen molar-refractivity contribution in [1.29, 1.82) is 0 Å². The van der Waals surface area contributed by atoms with Gasteiger partial charge < -0.3 is 5.73 Å². The molecule has 5 heteroatoms. The van der Waals surface area contributed by atoms with E-state index in [1.165, 1.54) is 12.1 Å². The molecule has 3 nitrogen and oxygen atoms in total. The average Bonchev–Trinajstić information content (AvgIpc) is 2.26. The molecule has 2 aromatic rings. The molecule has 2 N–H and O–H groups in total. The number of nitrogens with zero attached hydrogens (tertiary/aromatic N) is 2. The molecule has 0 spiro atoms. The number of benzene rings is 1. The highest BCUT2D eigenvalue weighted by atomic mass is 19.1. The Bertz CT molecular complexity index is 562. The first-order chi connectivity index (χ1) is 8.45. The van der Waals surface area contributed by atoms with Crippen LogP contribution in [0.25, 0.3) is 11.4 Å². The maximum Gasteiger partial charge on any atom is 0.161 e. The molecule has 0 aliphatic heterocycles. The van der Waals surface area contributed by atoms with E-state index in [0.717, 1.165) is 11.8 Å². The van der Waals surface area contributed by atoms with Crippen molar-refractivity contribution in [3.05, 3.63) is 41.6 Å². The predicted octanol–water partition coefficient (Wildman–Crippen LogP) is 3.13. The average molecular weight is 249 g/mol. The van der Waals surface area contributed by atoms with Crippen LogP contribution in [0.15, 0.2) is 24.3 Å². The maximum absolute atomic E-state index is 13.1. The summed E-state index contributed by atoms with van der Waals surface area (Å²) in [7, 11) is 0. The fourth-order valence-corrected chi connectivity index (χ4v) is 1.59. The van der Waals surface area contributed by atoms with Crippen molar-refractivity contribution in [3.8, 4) is 11.4 Å². The monoisotopic (exact) mass is 249 g/mol. The smallest absolute Gasteiger partial charge is 0.161 e. The zero-order chi connectivity index (χ0) is 13.3. The third kappa shape index (κ3) is 2.61. The van der Waals surface area contributed by atoms with Gasteiger partial charge in [-0.15, -0.1) is 0 Å². The lowest BCUT2D eigenvalue weighted by Gasteiger charge is -2.08. The van der Waals surface area contributed by atoms with E-state index in [9.17, 15) is 8.78 Å². The molecule has 0 fully saturated rings. The van der Waals surface area contributed by atoms with Crippen molar-refractivity contribution in [3.63, 3.8) is 0 Å². The van der Waals surface area contributed by atoms with E-state index in [2.05, 4.69) is 9.97 Å². The van der Waals surface area contributed by atoms with Gasteiger partial charge in [0.15, 0.2) is 5.82 Å². The second-order valence-corrected chi connectivity index (χ2v) is 4.35. The van der Waals surface area contributed by atoms with Crippen LogP contribution in [0, 0.1) is 11.6 Å². The fourth-order valence-electron chi connectivity index (χ4n) is 1.59. The molecule has 1 aromatic heterocycles. The second-order valence-electron chi connectivity index (χ2n) is 4.35. The Balaban J connectivity index is 2.56. The Morgan fingerprint density at radius 2 is 1.61 bits per heavy atom. The number of rotatable bonds is 2. The molecule has 18 heavy (non-hydrogen) atoms. The van der Waals surface area contributed by atoms with Crippen LogP contribution in [0.4, 0.5) is 14.6 Å². The lowest BCUT2D eigenvalue weighted by Crippen LogP contribution is -2.02. The number of nitrogens with two attached hydrogens (primary N) is 1. The van der Waals surface area contributed by atoms with Gasteiger partial charge in [-0.1, -0.05) is 13.8 Å². The quantitative estimate of drug-likeness (QED) is 0.889. The Labute approximate surface area is 104 Å². The van der Waals surface area contributed by atoms with Gasteiger partial charge in [-0.2, -0.15) is 0 Å². The summed E-state index contributed by atoms with van der Waals surface area (Å²) in [5, 5.41) is 0. The van der Waals surface area contributed by atoms with Crippen molar-refractivity contribution >= 4 is 5.82 Å². The normalized spacial score (nSPS) is 10.9. The fraction of sp³-hybridized carbons (Fsp3) is 0.231. The molecule has 1 aromatic carbocycles. The number of hydrogen-bond acceptors (Lipinski definition) is 3. The Morgan fingerprint density at radius 1 is 1.00 bits per heavy atom. The largest absolute Gasteiger partial charge is 0.384 e. The minimum atomic E-state index is -0.665. The van der Waals surface area contributed by atoms with E-state index in [4.69, 9.17) is 5.73 Å². The standard InChI is InChI=1S/C13H13F2N3/c1-7(2)11-6-12(16)18-13(17-11)8-3-9(14)5-10(15)4-8/h3-7H,1-2H3,(H2,16,17,18). The lowest BCUT2D eigenvalue weighted by molar-refractivity contribution is 0.584. The molecule has 0 bridgehead atoms. The molecular formula is C13H13F2N3. The van der Waals surface area contributed by atoms with Gasteiger partial charge in [-0.25, -0.2) is 18.7 Å². The molecule has 0 amide bonds. The summed E-state index contributed by atoms with van der Waals surface area (Å²) in [6.07, 6.45) is 0. The summed E-state index contributed by atoms with van der Waals surface area (Å²) < 4.78 is 26.3. The van der Waals surface area contributed by atoms with E-state index >= 15 is 0 Å². The summed E-state index contributed by atoms with van der Waals surface area (Å²) in [6.45, 7) is 3.91. The van der Waals surface area contributed by atoms with Gasteiger partial charge >= 0.3 is 0 Å². The van der Waals surface area contributed by atoms with E-state index in [1.807, 2.05) is 13.8 Å². The van der Waals surface area contributed by atoms with Gasteiger partial charge in [-0.3, -0.25) is 0 Å². The number of halogens is 2. The van der Waals surface area contributed by atoms with Gasteiger partial charge in [0, 0.05) is 23.4 Å². The van der Waals surface area contributed by atoms with Gasteiger partial charge in [0.1, 0.15) is 17.5 Å². The van der Waals surface area contributed by atoms with E-state index in [1.54, 1.807) is 6.07 Å². The molecule has 0 aliphatic carbocycles. The van der Waals surface area contributed by atoms with Crippen molar-refractivity contribution in [1.82, 2.24) is 9.97 Å². The molecule has 0 aliphatic rings. The van der Waals surface area contributed by atoms with Gasteiger partial charge in [-0.05, 0) is 18.1 Å². The van der Waals surface area contributed by atoms with Crippen molar-refractivity contribution in [2.24, 2.45) is 0 Å². The van der Waals surface area contributed by atoms with Crippen LogP contribution in [-0.2, 0) is 0 Å². The van der Waals surface area contributed by atoms with Gasteiger partial charge in [0.05, 0.1) is 0 Å². The van der Waals surface area contributed by atoms with E-state index < -0.39 is 11.6 Å². The SMILES string of the molecule is CC(C)c1cc(N)nc(-c2cc(F)cc(F)c2)n1. The molecule has 94 valence electrons. The van der Waals surface area contributed by atoms with Crippen LogP contribution in [0.5, 0.6) is 0 Å². The van der Waals surface area contributed by atoms with Crippen LogP contribution in [0.2, 0.25) is 0 Å². The highest BCUT2D eigenvalue weighted by molar-refractivity contribution is 5.57. The first-order valence-electron chi connectivity index (χ1n) is 5.56.